The van der Waals surface area contributed by atoms with Gasteiger partial charge in [-0.3, -0.25) is 9.48 Å². The molecule has 3 rings (SSSR count). The van der Waals surface area contributed by atoms with Crippen LogP contribution in [0.5, 0.6) is 0 Å². The third-order valence-corrected chi connectivity index (χ3v) is 4.46. The summed E-state index contributed by atoms with van der Waals surface area (Å²) in [6, 6.07) is 0. The minimum absolute atomic E-state index is 0.159. The van der Waals surface area contributed by atoms with Gasteiger partial charge in [-0.15, -0.1) is 0 Å². The van der Waals surface area contributed by atoms with Crippen molar-refractivity contribution in [3.8, 4) is 0 Å². The Labute approximate surface area is 132 Å². The Bertz CT molecular complexity index is 698. The Balaban J connectivity index is 1.86. The van der Waals surface area contributed by atoms with Crippen molar-refractivity contribution < 1.29 is 9.90 Å². The molecule has 0 aliphatic carbocycles. The number of carbonyl (C=O) groups excluding carboxylic acids is 1. The van der Waals surface area contributed by atoms with E-state index in [1.807, 2.05) is 6.92 Å². The normalized spacial score (nSPS) is 21.5. The first-order chi connectivity index (χ1) is 10.5. The topological polar surface area (TPSA) is 99.9 Å². The Morgan fingerprint density at radius 2 is 2.36 bits per heavy atom. The minimum atomic E-state index is -1.18. The summed E-state index contributed by atoms with van der Waals surface area (Å²) in [6.07, 6.45) is 2.50. The van der Waals surface area contributed by atoms with Crippen LogP contribution in [0.4, 0.5) is 0 Å². The molecular formula is C13H17ClN6O2. The van der Waals surface area contributed by atoms with E-state index in [0.717, 1.165) is 0 Å². The quantitative estimate of drug-likeness (QED) is 0.855. The molecule has 1 unspecified atom stereocenters. The average molecular weight is 325 g/mol. The Morgan fingerprint density at radius 3 is 3.00 bits per heavy atom. The molecular weight excluding hydrogens is 308 g/mol. The fourth-order valence-electron chi connectivity index (χ4n) is 2.78. The Morgan fingerprint density at radius 1 is 1.59 bits per heavy atom. The molecule has 1 aliphatic rings. The number of hydrogen-bond acceptors (Lipinski definition) is 5. The summed E-state index contributed by atoms with van der Waals surface area (Å²) in [5, 5.41) is 25.3. The summed E-state index contributed by atoms with van der Waals surface area (Å²) in [6.45, 7) is 2.51. The number of rotatable bonds is 3. The molecule has 0 aromatic carbocycles. The summed E-state index contributed by atoms with van der Waals surface area (Å²) >= 11 is 6.20. The van der Waals surface area contributed by atoms with Gasteiger partial charge in [-0.2, -0.15) is 20.5 Å². The van der Waals surface area contributed by atoms with Crippen molar-refractivity contribution in [2.45, 2.75) is 25.4 Å². The molecule has 2 N–H and O–H groups in total. The first kappa shape index (κ1) is 15.0. The molecule has 1 fully saturated rings. The van der Waals surface area contributed by atoms with E-state index in [9.17, 15) is 9.90 Å². The highest BCUT2D eigenvalue weighted by Gasteiger charge is 2.42. The summed E-state index contributed by atoms with van der Waals surface area (Å²) < 4.78 is 1.49. The predicted molar refractivity (Wildman–Crippen MR) is 78.4 cm³/mol. The number of aromatic amines is 1. The van der Waals surface area contributed by atoms with Gasteiger partial charge in [0.1, 0.15) is 16.4 Å². The van der Waals surface area contributed by atoms with Gasteiger partial charge in [0.2, 0.25) is 0 Å². The van der Waals surface area contributed by atoms with Gasteiger partial charge in [-0.05, 0) is 6.42 Å². The summed E-state index contributed by atoms with van der Waals surface area (Å²) in [5.74, 6) is -0.214. The Kier molecular flexibility index (Phi) is 3.65. The van der Waals surface area contributed by atoms with Gasteiger partial charge >= 0.3 is 0 Å². The molecule has 3 heterocycles. The number of halogens is 1. The second-order valence-corrected chi connectivity index (χ2v) is 5.81. The number of carbonyl (C=O) groups is 1. The number of hydrogen-bond donors (Lipinski definition) is 2. The molecule has 0 spiro atoms. The molecule has 8 nitrogen and oxygen atoms in total. The van der Waals surface area contributed by atoms with E-state index in [4.69, 9.17) is 11.6 Å². The van der Waals surface area contributed by atoms with Gasteiger partial charge in [0, 0.05) is 20.0 Å². The lowest BCUT2D eigenvalue weighted by Gasteiger charge is -2.21. The van der Waals surface area contributed by atoms with Gasteiger partial charge in [0.25, 0.3) is 5.91 Å². The average Bonchev–Trinajstić information content (AvgIpc) is 3.20. The van der Waals surface area contributed by atoms with Crippen LogP contribution in [-0.2, 0) is 19.1 Å². The van der Waals surface area contributed by atoms with Crippen molar-refractivity contribution in [3.05, 3.63) is 28.3 Å². The number of nitrogens with zero attached hydrogens (tertiary/aromatic N) is 5. The number of aryl methyl sites for hydroxylation is 2. The van der Waals surface area contributed by atoms with E-state index >= 15 is 0 Å². The SMILES string of the molecule is CCc1nn(C)c(Cl)c1C(=O)N1CCC(O)(c2cn[nH]n2)C1. The summed E-state index contributed by atoms with van der Waals surface area (Å²) in [5.41, 5.74) is 0.338. The van der Waals surface area contributed by atoms with E-state index in [2.05, 4.69) is 20.5 Å². The van der Waals surface area contributed by atoms with E-state index < -0.39 is 5.60 Å². The highest BCUT2D eigenvalue weighted by Crippen LogP contribution is 2.32. The molecule has 0 bridgehead atoms. The van der Waals surface area contributed by atoms with Gasteiger partial charge in [0.15, 0.2) is 0 Å². The molecule has 9 heteroatoms. The fraction of sp³-hybridized carbons (Fsp3) is 0.538. The zero-order chi connectivity index (χ0) is 15.9. The number of H-pyrrole nitrogens is 1. The lowest BCUT2D eigenvalue weighted by molar-refractivity contribution is 0.0382. The summed E-state index contributed by atoms with van der Waals surface area (Å²) in [7, 11) is 1.70. The second kappa shape index (κ2) is 5.36. The molecule has 0 saturated carbocycles. The number of likely N-dealkylation sites (tertiary alicyclic amines) is 1. The smallest absolute Gasteiger partial charge is 0.259 e. The van der Waals surface area contributed by atoms with Gasteiger partial charge in [-0.1, -0.05) is 18.5 Å². The lowest BCUT2D eigenvalue weighted by Crippen LogP contribution is -2.35. The van der Waals surface area contributed by atoms with Gasteiger partial charge < -0.3 is 10.0 Å². The number of nitrogens with one attached hydrogen (secondary N) is 1. The molecule has 0 radical (unpaired) electrons. The molecule has 2 aromatic heterocycles. The standard InChI is InChI=1S/C13H17ClN6O2/c1-3-8-10(11(14)19(2)17-8)12(21)20-5-4-13(22,7-20)9-6-15-18-16-9/h6,22H,3-5,7H2,1-2H3,(H,15,16,18). The number of aromatic nitrogens is 5. The van der Waals surface area contributed by atoms with Crippen LogP contribution in [0.3, 0.4) is 0 Å². The van der Waals surface area contributed by atoms with Gasteiger partial charge in [0.05, 0.1) is 24.0 Å². The van der Waals surface area contributed by atoms with E-state index in [-0.39, 0.29) is 12.5 Å². The molecule has 118 valence electrons. The van der Waals surface area contributed by atoms with Crippen LogP contribution in [-0.4, -0.2) is 54.2 Å². The van der Waals surface area contributed by atoms with Crippen molar-refractivity contribution in [3.63, 3.8) is 0 Å². The highest BCUT2D eigenvalue weighted by molar-refractivity contribution is 6.33. The molecule has 1 amide bonds. The van der Waals surface area contributed by atoms with Crippen LogP contribution >= 0.6 is 11.6 Å². The first-order valence-electron chi connectivity index (χ1n) is 7.05. The molecule has 2 aromatic rings. The number of β-amino-alcohol motifs (C(OH)–C–C–N with tert-alkyl or cyclic N) is 1. The molecule has 22 heavy (non-hydrogen) atoms. The third-order valence-electron chi connectivity index (χ3n) is 4.03. The maximum Gasteiger partial charge on any atom is 0.259 e. The van der Waals surface area contributed by atoms with E-state index in [1.165, 1.54) is 10.9 Å². The van der Waals surface area contributed by atoms with Crippen molar-refractivity contribution >= 4 is 17.5 Å². The third kappa shape index (κ3) is 2.28. The largest absolute Gasteiger partial charge is 0.381 e. The van der Waals surface area contributed by atoms with Crippen LogP contribution in [0.2, 0.25) is 5.15 Å². The van der Waals surface area contributed by atoms with E-state index in [1.54, 1.807) is 11.9 Å². The predicted octanol–water partition coefficient (Wildman–Crippen LogP) is 0.488. The maximum atomic E-state index is 12.8. The fourth-order valence-corrected chi connectivity index (χ4v) is 3.00. The van der Waals surface area contributed by atoms with Crippen LogP contribution < -0.4 is 0 Å². The highest BCUT2D eigenvalue weighted by atomic mass is 35.5. The lowest BCUT2D eigenvalue weighted by atomic mass is 10.00. The molecule has 1 saturated heterocycles. The molecule has 1 aliphatic heterocycles. The zero-order valence-corrected chi connectivity index (χ0v) is 13.1. The van der Waals surface area contributed by atoms with Crippen LogP contribution in [0.15, 0.2) is 6.20 Å². The monoisotopic (exact) mass is 324 g/mol. The summed E-state index contributed by atoms with van der Waals surface area (Å²) in [4.78, 5) is 14.3. The number of aliphatic hydroxyl groups is 1. The van der Waals surface area contributed by atoms with Crippen LogP contribution in [0, 0.1) is 0 Å². The van der Waals surface area contributed by atoms with Gasteiger partial charge in [-0.25, -0.2) is 0 Å². The van der Waals surface area contributed by atoms with Crippen LogP contribution in [0.1, 0.15) is 35.1 Å². The second-order valence-electron chi connectivity index (χ2n) is 5.45. The van der Waals surface area contributed by atoms with E-state index in [0.29, 0.717) is 41.5 Å². The zero-order valence-electron chi connectivity index (χ0n) is 12.4. The molecule has 1 atom stereocenters. The van der Waals surface area contributed by atoms with Crippen molar-refractivity contribution in [1.29, 1.82) is 0 Å². The van der Waals surface area contributed by atoms with Crippen LogP contribution in [0.25, 0.3) is 0 Å². The Hall–Kier alpha value is -1.93. The van der Waals surface area contributed by atoms with Crippen molar-refractivity contribution in [1.82, 2.24) is 30.1 Å². The first-order valence-corrected chi connectivity index (χ1v) is 7.43. The number of amides is 1. The maximum absolute atomic E-state index is 12.8. The van der Waals surface area contributed by atoms with Crippen molar-refractivity contribution in [2.24, 2.45) is 7.05 Å². The van der Waals surface area contributed by atoms with Crippen molar-refractivity contribution in [2.75, 3.05) is 13.1 Å². The minimum Gasteiger partial charge on any atom is -0.381 e.